The SMILES string of the molecule is Cc1ccc(OCCCC(=O)N(Cc2ccc(Cl)c(Cl)c2)[C@H](Cc2ccccc2)C(=O)NC(C)C)cc1. The van der Waals surface area contributed by atoms with Crippen LogP contribution in [0.5, 0.6) is 5.75 Å². The molecule has 37 heavy (non-hydrogen) atoms. The molecular formula is C30H34Cl2N2O3. The molecule has 0 unspecified atom stereocenters. The molecule has 0 aliphatic heterocycles. The number of carbonyl (C=O) groups excluding carboxylic acids is 2. The molecule has 1 N–H and O–H groups in total. The summed E-state index contributed by atoms with van der Waals surface area (Å²) in [7, 11) is 0. The Balaban J connectivity index is 1.80. The molecule has 0 saturated heterocycles. The summed E-state index contributed by atoms with van der Waals surface area (Å²) in [5.74, 6) is 0.450. The fourth-order valence-corrected chi connectivity index (χ4v) is 4.28. The van der Waals surface area contributed by atoms with Gasteiger partial charge in [0.25, 0.3) is 0 Å². The van der Waals surface area contributed by atoms with Crippen LogP contribution in [0.15, 0.2) is 72.8 Å². The van der Waals surface area contributed by atoms with Crippen LogP contribution < -0.4 is 10.1 Å². The van der Waals surface area contributed by atoms with Crippen molar-refractivity contribution in [2.75, 3.05) is 6.61 Å². The Morgan fingerprint density at radius 3 is 2.27 bits per heavy atom. The van der Waals surface area contributed by atoms with Gasteiger partial charge in [-0.05, 0) is 62.6 Å². The second-order valence-corrected chi connectivity index (χ2v) is 10.2. The number of aryl methyl sites for hydroxylation is 1. The van der Waals surface area contributed by atoms with Crippen molar-refractivity contribution in [3.05, 3.63) is 99.5 Å². The first-order chi connectivity index (χ1) is 17.7. The van der Waals surface area contributed by atoms with Gasteiger partial charge in [0.05, 0.1) is 16.7 Å². The smallest absolute Gasteiger partial charge is 0.243 e. The molecule has 0 aliphatic rings. The topological polar surface area (TPSA) is 58.6 Å². The highest BCUT2D eigenvalue weighted by Gasteiger charge is 2.30. The van der Waals surface area contributed by atoms with E-state index in [4.69, 9.17) is 27.9 Å². The number of halogens is 2. The molecule has 0 aromatic heterocycles. The quantitative estimate of drug-likeness (QED) is 0.262. The average molecular weight is 542 g/mol. The van der Waals surface area contributed by atoms with E-state index >= 15 is 0 Å². The van der Waals surface area contributed by atoms with Gasteiger partial charge < -0.3 is 15.0 Å². The lowest BCUT2D eigenvalue weighted by molar-refractivity contribution is -0.141. The van der Waals surface area contributed by atoms with E-state index in [1.165, 1.54) is 0 Å². The number of benzene rings is 3. The third-order valence-corrected chi connectivity index (χ3v) is 6.60. The van der Waals surface area contributed by atoms with E-state index in [-0.39, 0.29) is 30.8 Å². The molecule has 0 bridgehead atoms. The second kappa shape index (κ2) is 14.1. The molecule has 7 heteroatoms. The van der Waals surface area contributed by atoms with E-state index < -0.39 is 6.04 Å². The normalized spacial score (nSPS) is 11.7. The van der Waals surface area contributed by atoms with Gasteiger partial charge in [-0.3, -0.25) is 9.59 Å². The van der Waals surface area contributed by atoms with Gasteiger partial charge in [-0.2, -0.15) is 0 Å². The van der Waals surface area contributed by atoms with Crippen molar-refractivity contribution in [3.8, 4) is 5.75 Å². The van der Waals surface area contributed by atoms with E-state index in [2.05, 4.69) is 5.32 Å². The molecule has 2 amide bonds. The van der Waals surface area contributed by atoms with Gasteiger partial charge >= 0.3 is 0 Å². The highest BCUT2D eigenvalue weighted by Crippen LogP contribution is 2.25. The van der Waals surface area contributed by atoms with Crippen molar-refractivity contribution in [2.45, 2.75) is 58.7 Å². The first kappa shape index (κ1) is 28.5. The van der Waals surface area contributed by atoms with Crippen LogP contribution in [-0.4, -0.2) is 35.4 Å². The summed E-state index contributed by atoms with van der Waals surface area (Å²) in [6.45, 7) is 6.47. The summed E-state index contributed by atoms with van der Waals surface area (Å²) < 4.78 is 5.81. The Morgan fingerprint density at radius 1 is 0.919 bits per heavy atom. The number of hydrogen-bond donors (Lipinski definition) is 1. The zero-order chi connectivity index (χ0) is 26.8. The lowest BCUT2D eigenvalue weighted by Gasteiger charge is -2.32. The molecule has 3 rings (SSSR count). The van der Waals surface area contributed by atoms with Crippen molar-refractivity contribution in [1.29, 1.82) is 0 Å². The molecule has 196 valence electrons. The van der Waals surface area contributed by atoms with Gasteiger partial charge in [-0.15, -0.1) is 0 Å². The van der Waals surface area contributed by atoms with Gasteiger partial charge in [0.15, 0.2) is 0 Å². The Labute approximate surface area is 229 Å². The largest absolute Gasteiger partial charge is 0.494 e. The molecule has 3 aromatic carbocycles. The van der Waals surface area contributed by atoms with Gasteiger partial charge in [-0.25, -0.2) is 0 Å². The van der Waals surface area contributed by atoms with Gasteiger partial charge in [0, 0.05) is 25.4 Å². The van der Waals surface area contributed by atoms with Crippen LogP contribution >= 0.6 is 23.2 Å². The van der Waals surface area contributed by atoms with Crippen LogP contribution in [0.4, 0.5) is 0 Å². The highest BCUT2D eigenvalue weighted by molar-refractivity contribution is 6.42. The highest BCUT2D eigenvalue weighted by atomic mass is 35.5. The Kier molecular flexibility index (Phi) is 10.8. The number of amides is 2. The maximum atomic E-state index is 13.6. The van der Waals surface area contributed by atoms with E-state index in [0.717, 1.165) is 22.4 Å². The predicted octanol–water partition coefficient (Wildman–Crippen LogP) is 6.63. The number of hydrogen-bond acceptors (Lipinski definition) is 3. The number of ether oxygens (including phenoxy) is 1. The van der Waals surface area contributed by atoms with E-state index in [0.29, 0.717) is 29.5 Å². The van der Waals surface area contributed by atoms with Crippen LogP contribution in [0.25, 0.3) is 0 Å². The van der Waals surface area contributed by atoms with E-state index in [9.17, 15) is 9.59 Å². The molecule has 1 atom stereocenters. The van der Waals surface area contributed by atoms with Crippen molar-refractivity contribution in [1.82, 2.24) is 10.2 Å². The van der Waals surface area contributed by atoms with Crippen molar-refractivity contribution >= 4 is 35.0 Å². The molecule has 0 fully saturated rings. The monoisotopic (exact) mass is 540 g/mol. The number of carbonyl (C=O) groups is 2. The van der Waals surface area contributed by atoms with Crippen molar-refractivity contribution in [3.63, 3.8) is 0 Å². The van der Waals surface area contributed by atoms with Crippen LogP contribution in [0.3, 0.4) is 0 Å². The predicted molar refractivity (Wildman–Crippen MR) is 150 cm³/mol. The molecule has 0 aliphatic carbocycles. The van der Waals surface area contributed by atoms with E-state index in [1.807, 2.05) is 81.4 Å². The lowest BCUT2D eigenvalue weighted by atomic mass is 10.0. The molecule has 0 heterocycles. The molecule has 0 spiro atoms. The summed E-state index contributed by atoms with van der Waals surface area (Å²) in [5.41, 5.74) is 2.93. The summed E-state index contributed by atoms with van der Waals surface area (Å²) >= 11 is 12.4. The summed E-state index contributed by atoms with van der Waals surface area (Å²) in [6, 6.07) is 22.1. The number of nitrogens with one attached hydrogen (secondary N) is 1. The van der Waals surface area contributed by atoms with Gasteiger partial charge in [0.1, 0.15) is 11.8 Å². The summed E-state index contributed by atoms with van der Waals surface area (Å²) in [4.78, 5) is 28.6. The lowest BCUT2D eigenvalue weighted by Crippen LogP contribution is -2.51. The minimum atomic E-state index is -0.690. The first-order valence-corrected chi connectivity index (χ1v) is 13.3. The summed E-state index contributed by atoms with van der Waals surface area (Å²) in [6.07, 6.45) is 1.16. The van der Waals surface area contributed by atoms with Crippen LogP contribution in [0.1, 0.15) is 43.4 Å². The van der Waals surface area contributed by atoms with Crippen molar-refractivity contribution < 1.29 is 14.3 Å². The molecule has 0 radical (unpaired) electrons. The van der Waals surface area contributed by atoms with Crippen molar-refractivity contribution in [2.24, 2.45) is 0 Å². The molecular weight excluding hydrogens is 507 g/mol. The molecule has 5 nitrogen and oxygen atoms in total. The first-order valence-electron chi connectivity index (χ1n) is 12.5. The Bertz CT molecular complexity index is 1170. The standard InChI is InChI=1S/C30H34Cl2N2O3/c1-21(2)33-30(36)28(19-23-8-5-4-6-9-23)34(20-24-13-16-26(31)27(32)18-24)29(35)10-7-17-37-25-14-11-22(3)12-15-25/h4-6,8-9,11-16,18,21,28H,7,10,17,19-20H2,1-3H3,(H,33,36)/t28-/m1/s1. The zero-order valence-electron chi connectivity index (χ0n) is 21.5. The van der Waals surface area contributed by atoms with E-state index in [1.54, 1.807) is 17.0 Å². The number of nitrogens with zero attached hydrogens (tertiary/aromatic N) is 1. The van der Waals surface area contributed by atoms with Crippen LogP contribution in [0, 0.1) is 6.92 Å². The van der Waals surface area contributed by atoms with Gasteiger partial charge in [0.2, 0.25) is 11.8 Å². The minimum absolute atomic E-state index is 0.0596. The fourth-order valence-electron chi connectivity index (χ4n) is 3.96. The summed E-state index contributed by atoms with van der Waals surface area (Å²) in [5, 5.41) is 3.84. The zero-order valence-corrected chi connectivity index (χ0v) is 23.1. The average Bonchev–Trinajstić information content (AvgIpc) is 2.87. The second-order valence-electron chi connectivity index (χ2n) is 9.40. The maximum Gasteiger partial charge on any atom is 0.243 e. The Hall–Kier alpha value is -3.02. The maximum absolute atomic E-state index is 13.6. The Morgan fingerprint density at radius 2 is 1.62 bits per heavy atom. The van der Waals surface area contributed by atoms with Crippen LogP contribution in [-0.2, 0) is 22.6 Å². The fraction of sp³-hybridized carbons (Fsp3) is 0.333. The number of rotatable bonds is 12. The molecule has 3 aromatic rings. The molecule has 0 saturated carbocycles. The third kappa shape index (κ3) is 9.10. The minimum Gasteiger partial charge on any atom is -0.494 e. The third-order valence-electron chi connectivity index (χ3n) is 5.86. The van der Waals surface area contributed by atoms with Gasteiger partial charge in [-0.1, -0.05) is 77.3 Å². The van der Waals surface area contributed by atoms with Crippen LogP contribution in [0.2, 0.25) is 10.0 Å².